The molecule has 5 unspecified atom stereocenters. The number of carbonyl (C=O) groups is 6. The van der Waals surface area contributed by atoms with Crippen molar-refractivity contribution in [2.24, 2.45) is 17.8 Å². The third-order valence-electron chi connectivity index (χ3n) is 7.13. The van der Waals surface area contributed by atoms with Crippen LogP contribution in [0.25, 0.3) is 0 Å². The molecule has 0 aromatic heterocycles. The number of carbonyl (C=O) groups excluding carboxylic acids is 6. The number of ketones is 2. The number of rotatable bonds is 12. The Morgan fingerprint density at radius 2 is 1.07 bits per heavy atom. The Bertz CT molecular complexity index is 978. The smallest absolute Gasteiger partial charge is 0.303 e. The largest absolute Gasteiger partial charge is 0.463 e. The molecule has 2 aliphatic heterocycles. The van der Waals surface area contributed by atoms with Crippen LogP contribution < -0.4 is 0 Å². The maximum Gasteiger partial charge on any atom is 0.303 e. The number of hydrogen-bond donors (Lipinski definition) is 0. The van der Waals surface area contributed by atoms with Gasteiger partial charge < -0.3 is 42.7 Å². The lowest BCUT2D eigenvalue weighted by Gasteiger charge is -2.49. The van der Waals surface area contributed by atoms with E-state index in [4.69, 9.17) is 33.2 Å². The van der Waals surface area contributed by atoms with Crippen LogP contribution in [-0.4, -0.2) is 91.6 Å². The van der Waals surface area contributed by atoms with E-state index in [-0.39, 0.29) is 37.6 Å². The van der Waals surface area contributed by atoms with Gasteiger partial charge in [0.15, 0.2) is 6.29 Å². The lowest BCUT2D eigenvalue weighted by molar-refractivity contribution is -0.323. The van der Waals surface area contributed by atoms with Crippen LogP contribution >= 0.6 is 0 Å². The van der Waals surface area contributed by atoms with E-state index in [1.807, 2.05) is 0 Å². The van der Waals surface area contributed by atoms with Crippen molar-refractivity contribution in [2.45, 2.75) is 111 Å². The van der Waals surface area contributed by atoms with Gasteiger partial charge in [0.1, 0.15) is 55.3 Å². The fourth-order valence-corrected chi connectivity index (χ4v) is 5.40. The first-order valence-corrected chi connectivity index (χ1v) is 13.7. The normalized spacial score (nSPS) is 33.3. The molecule has 2 aliphatic rings. The minimum atomic E-state index is -1.24. The maximum atomic E-state index is 12.3. The van der Waals surface area contributed by atoms with Gasteiger partial charge in [-0.3, -0.25) is 19.2 Å². The summed E-state index contributed by atoms with van der Waals surface area (Å²) in [6.07, 6.45) is -6.70. The molecule has 13 heteroatoms. The third kappa shape index (κ3) is 10.2. The molecule has 41 heavy (non-hydrogen) atoms. The van der Waals surface area contributed by atoms with Crippen molar-refractivity contribution in [3.05, 3.63) is 0 Å². The van der Waals surface area contributed by atoms with E-state index in [0.29, 0.717) is 0 Å². The molecule has 0 aromatic carbocycles. The van der Waals surface area contributed by atoms with Gasteiger partial charge in [-0.1, -0.05) is 6.92 Å². The summed E-state index contributed by atoms with van der Waals surface area (Å²) < 4.78 is 40.5. The zero-order chi connectivity index (χ0) is 31.0. The number of ether oxygens (including phenoxy) is 7. The SMILES string of the molecule is CC(=O)CC1C(OC(C)=O)[C@H](C)C(COC(C)=O)O[C@H]1O[C@@H]1C(COC(C)=O)O[C@@H](C)C(CC(C)=O)[C@H]1OC(C)=O. The molecule has 13 nitrogen and oxygen atoms in total. The van der Waals surface area contributed by atoms with E-state index in [0.717, 1.165) is 0 Å². The standard InChI is InChI=1S/C28H42O13/c1-13(29)9-21-16(4)37-24(12-36-18(6)32)27(26(21)39-20(8)34)41-28-22(10-14(2)30)25(38-19(7)33)15(3)23(40-28)11-35-17(5)31/h15-16,21-28H,9-12H2,1-8H3/t15-,16+,21?,22?,23?,24?,25?,26-,27-,28+/m1/s1. The molecule has 0 saturated carbocycles. The Balaban J connectivity index is 2.57. The average Bonchev–Trinajstić information content (AvgIpc) is 2.83. The van der Waals surface area contributed by atoms with Crippen LogP contribution in [-0.2, 0) is 61.9 Å². The molecule has 0 bridgehead atoms. The van der Waals surface area contributed by atoms with Gasteiger partial charge in [0, 0.05) is 52.4 Å². The zero-order valence-electron chi connectivity index (χ0n) is 24.9. The lowest BCUT2D eigenvalue weighted by atomic mass is 9.81. The Morgan fingerprint density at radius 3 is 1.56 bits per heavy atom. The summed E-state index contributed by atoms with van der Waals surface area (Å²) >= 11 is 0. The van der Waals surface area contributed by atoms with Gasteiger partial charge in [-0.25, -0.2) is 0 Å². The number of Topliss-reactive ketones (excluding diaryl/α,β-unsaturated/α-hetero) is 2. The summed E-state index contributed by atoms with van der Waals surface area (Å²) in [5, 5.41) is 0. The molecular weight excluding hydrogens is 544 g/mol. The molecule has 0 spiro atoms. The monoisotopic (exact) mass is 586 g/mol. The molecular formula is C28H42O13. The van der Waals surface area contributed by atoms with Crippen molar-refractivity contribution in [1.82, 2.24) is 0 Å². The minimum Gasteiger partial charge on any atom is -0.463 e. The van der Waals surface area contributed by atoms with Crippen LogP contribution in [0.2, 0.25) is 0 Å². The highest BCUT2D eigenvalue weighted by Crippen LogP contribution is 2.40. The van der Waals surface area contributed by atoms with E-state index in [1.165, 1.54) is 41.5 Å². The Kier molecular flexibility index (Phi) is 12.9. The molecule has 2 heterocycles. The zero-order valence-corrected chi connectivity index (χ0v) is 24.9. The molecule has 0 N–H and O–H groups in total. The highest BCUT2D eigenvalue weighted by Gasteiger charge is 2.53. The second-order valence-corrected chi connectivity index (χ2v) is 10.8. The summed E-state index contributed by atoms with van der Waals surface area (Å²) in [5.41, 5.74) is 0. The van der Waals surface area contributed by atoms with Gasteiger partial charge in [-0.2, -0.15) is 0 Å². The van der Waals surface area contributed by atoms with Gasteiger partial charge in [0.2, 0.25) is 0 Å². The van der Waals surface area contributed by atoms with Gasteiger partial charge in [0.25, 0.3) is 0 Å². The van der Waals surface area contributed by atoms with Gasteiger partial charge >= 0.3 is 23.9 Å². The lowest BCUT2D eigenvalue weighted by Crippen LogP contribution is -2.61. The second-order valence-electron chi connectivity index (χ2n) is 10.8. The van der Waals surface area contributed by atoms with Crippen molar-refractivity contribution >= 4 is 35.4 Å². The Hall–Kier alpha value is -2.90. The van der Waals surface area contributed by atoms with Crippen molar-refractivity contribution in [3.8, 4) is 0 Å². The predicted molar refractivity (Wildman–Crippen MR) is 139 cm³/mol. The number of hydrogen-bond acceptors (Lipinski definition) is 13. The summed E-state index contributed by atoms with van der Waals surface area (Å²) in [6, 6.07) is 0. The summed E-state index contributed by atoms with van der Waals surface area (Å²) in [5.74, 6) is -4.70. The highest BCUT2D eigenvalue weighted by atomic mass is 16.7. The van der Waals surface area contributed by atoms with Crippen LogP contribution in [0, 0.1) is 17.8 Å². The predicted octanol–water partition coefficient (Wildman–Crippen LogP) is 1.70. The average molecular weight is 587 g/mol. The van der Waals surface area contributed by atoms with E-state index in [2.05, 4.69) is 0 Å². The van der Waals surface area contributed by atoms with Crippen molar-refractivity contribution in [1.29, 1.82) is 0 Å². The third-order valence-corrected chi connectivity index (χ3v) is 7.13. The molecule has 232 valence electrons. The van der Waals surface area contributed by atoms with Crippen molar-refractivity contribution < 1.29 is 61.9 Å². The van der Waals surface area contributed by atoms with Crippen LogP contribution in [0.5, 0.6) is 0 Å². The maximum absolute atomic E-state index is 12.3. The summed E-state index contributed by atoms with van der Waals surface area (Å²) in [6.45, 7) is 10.7. The highest BCUT2D eigenvalue weighted by molar-refractivity contribution is 5.76. The second kappa shape index (κ2) is 15.4. The van der Waals surface area contributed by atoms with E-state index < -0.39 is 84.5 Å². The van der Waals surface area contributed by atoms with Gasteiger partial charge in [-0.05, 0) is 20.8 Å². The molecule has 2 fully saturated rings. The molecule has 0 amide bonds. The fraction of sp³-hybridized carbons (Fsp3) is 0.786. The first kappa shape index (κ1) is 34.3. The summed E-state index contributed by atoms with van der Waals surface area (Å²) in [7, 11) is 0. The number of esters is 4. The fourth-order valence-electron chi connectivity index (χ4n) is 5.40. The molecule has 2 rings (SSSR count). The van der Waals surface area contributed by atoms with Crippen LogP contribution in [0.1, 0.15) is 68.2 Å². The Labute approximate surface area is 239 Å². The van der Waals surface area contributed by atoms with Crippen molar-refractivity contribution in [2.75, 3.05) is 13.2 Å². The molecule has 10 atom stereocenters. The molecule has 0 aromatic rings. The van der Waals surface area contributed by atoms with Crippen molar-refractivity contribution in [3.63, 3.8) is 0 Å². The van der Waals surface area contributed by atoms with Crippen LogP contribution in [0.3, 0.4) is 0 Å². The first-order chi connectivity index (χ1) is 19.1. The van der Waals surface area contributed by atoms with E-state index in [1.54, 1.807) is 13.8 Å². The topological polar surface area (TPSA) is 167 Å². The molecule has 0 aliphatic carbocycles. The van der Waals surface area contributed by atoms with Crippen LogP contribution in [0.4, 0.5) is 0 Å². The van der Waals surface area contributed by atoms with Gasteiger partial charge in [0.05, 0.1) is 12.0 Å². The summed E-state index contributed by atoms with van der Waals surface area (Å²) in [4.78, 5) is 72.0. The molecule has 0 radical (unpaired) electrons. The van der Waals surface area contributed by atoms with E-state index >= 15 is 0 Å². The van der Waals surface area contributed by atoms with Gasteiger partial charge in [-0.15, -0.1) is 0 Å². The minimum absolute atomic E-state index is 0.00381. The molecule has 2 saturated heterocycles. The van der Waals surface area contributed by atoms with Crippen LogP contribution in [0.15, 0.2) is 0 Å². The first-order valence-electron chi connectivity index (χ1n) is 13.7. The van der Waals surface area contributed by atoms with E-state index in [9.17, 15) is 28.8 Å². The Morgan fingerprint density at radius 1 is 0.585 bits per heavy atom. The quantitative estimate of drug-likeness (QED) is 0.240.